The lowest BCUT2D eigenvalue weighted by molar-refractivity contribution is 0.0939. The predicted octanol–water partition coefficient (Wildman–Crippen LogP) is 3.23. The average molecular weight is 276 g/mol. The van der Waals surface area contributed by atoms with Crippen molar-refractivity contribution in [2.45, 2.75) is 33.7 Å². The van der Waals surface area contributed by atoms with Crippen LogP contribution in [-0.2, 0) is 0 Å². The molecule has 1 unspecified atom stereocenters. The van der Waals surface area contributed by atoms with Crippen LogP contribution >= 0.6 is 0 Å². The molecule has 2 rings (SSSR count). The monoisotopic (exact) mass is 276 g/mol. The fraction of sp³-hybridized carbons (Fsp3) is 0.333. The molecule has 0 fully saturated rings. The van der Waals surface area contributed by atoms with Crippen LogP contribution in [0.25, 0.3) is 0 Å². The van der Waals surface area contributed by atoms with Crippen molar-refractivity contribution in [1.29, 1.82) is 0 Å². The number of amides is 1. The first-order valence-corrected chi connectivity index (χ1v) is 6.40. The van der Waals surface area contributed by atoms with E-state index >= 15 is 0 Å². The van der Waals surface area contributed by atoms with Gasteiger partial charge >= 0.3 is 0 Å². The maximum absolute atomic E-state index is 13.2. The topological polar surface area (TPSA) is 55.1 Å². The molecule has 1 amide bonds. The highest BCUT2D eigenvalue weighted by molar-refractivity contribution is 5.94. The summed E-state index contributed by atoms with van der Waals surface area (Å²) in [4.78, 5) is 12.2. The minimum absolute atomic E-state index is 0.223. The number of halogens is 1. The van der Waals surface area contributed by atoms with Crippen LogP contribution in [0.15, 0.2) is 22.7 Å². The summed E-state index contributed by atoms with van der Waals surface area (Å²) in [6.07, 6.45) is 0. The molecule has 0 radical (unpaired) electrons. The minimum Gasteiger partial charge on any atom is -0.361 e. The number of hydrogen-bond donors (Lipinski definition) is 1. The SMILES string of the molecule is Cc1cc(C(=O)NC(C)c2c(C)noc2C)ccc1F. The third kappa shape index (κ3) is 2.71. The van der Waals surface area contributed by atoms with Gasteiger partial charge in [0.2, 0.25) is 0 Å². The summed E-state index contributed by atoms with van der Waals surface area (Å²) >= 11 is 0. The summed E-state index contributed by atoms with van der Waals surface area (Å²) in [5.41, 5.74) is 2.51. The average Bonchev–Trinajstić information content (AvgIpc) is 2.72. The van der Waals surface area contributed by atoms with Crippen molar-refractivity contribution in [2.75, 3.05) is 0 Å². The lowest BCUT2D eigenvalue weighted by Gasteiger charge is -2.14. The highest BCUT2D eigenvalue weighted by atomic mass is 19.1. The van der Waals surface area contributed by atoms with Crippen LogP contribution < -0.4 is 5.32 Å². The third-order valence-corrected chi connectivity index (χ3v) is 3.29. The quantitative estimate of drug-likeness (QED) is 0.936. The molecule has 5 heteroatoms. The smallest absolute Gasteiger partial charge is 0.251 e. The number of nitrogens with zero attached hydrogens (tertiary/aromatic N) is 1. The highest BCUT2D eigenvalue weighted by Gasteiger charge is 2.19. The Bertz CT molecular complexity index is 630. The Morgan fingerprint density at radius 1 is 1.35 bits per heavy atom. The Hall–Kier alpha value is -2.17. The Balaban J connectivity index is 2.17. The van der Waals surface area contributed by atoms with Gasteiger partial charge in [0.1, 0.15) is 11.6 Å². The van der Waals surface area contributed by atoms with E-state index in [2.05, 4.69) is 10.5 Å². The second-order valence-corrected chi connectivity index (χ2v) is 4.90. The number of aryl methyl sites for hydroxylation is 3. The van der Waals surface area contributed by atoms with Gasteiger partial charge in [0.05, 0.1) is 11.7 Å². The Morgan fingerprint density at radius 3 is 2.60 bits per heavy atom. The number of carbonyl (C=O) groups is 1. The van der Waals surface area contributed by atoms with E-state index in [-0.39, 0.29) is 17.8 Å². The van der Waals surface area contributed by atoms with Gasteiger partial charge in [-0.3, -0.25) is 4.79 Å². The van der Waals surface area contributed by atoms with Crippen molar-refractivity contribution in [3.05, 3.63) is 52.2 Å². The predicted molar refractivity (Wildman–Crippen MR) is 73.0 cm³/mol. The molecule has 0 spiro atoms. The molecule has 20 heavy (non-hydrogen) atoms. The van der Waals surface area contributed by atoms with Gasteiger partial charge in [-0.2, -0.15) is 0 Å². The number of rotatable bonds is 3. The number of aromatic nitrogens is 1. The molecule has 1 aromatic carbocycles. The summed E-state index contributed by atoms with van der Waals surface area (Å²) < 4.78 is 18.3. The van der Waals surface area contributed by atoms with Crippen LogP contribution in [0.5, 0.6) is 0 Å². The van der Waals surface area contributed by atoms with Crippen LogP contribution in [0, 0.1) is 26.6 Å². The van der Waals surface area contributed by atoms with E-state index in [0.29, 0.717) is 16.9 Å². The molecule has 1 heterocycles. The molecule has 106 valence electrons. The zero-order valence-corrected chi connectivity index (χ0v) is 12.0. The standard InChI is InChI=1S/C15H17FN2O2/c1-8-7-12(5-6-13(8)16)15(19)17-9(2)14-10(3)18-20-11(14)4/h5-7,9H,1-4H3,(H,17,19). The Morgan fingerprint density at radius 2 is 2.05 bits per heavy atom. The lowest BCUT2D eigenvalue weighted by atomic mass is 10.1. The van der Waals surface area contributed by atoms with Gasteiger partial charge in [0.25, 0.3) is 5.91 Å². The van der Waals surface area contributed by atoms with Crippen molar-refractivity contribution in [2.24, 2.45) is 0 Å². The maximum Gasteiger partial charge on any atom is 0.251 e. The van der Waals surface area contributed by atoms with Crippen molar-refractivity contribution >= 4 is 5.91 Å². The molecule has 0 bridgehead atoms. The first-order chi connectivity index (χ1) is 9.40. The third-order valence-electron chi connectivity index (χ3n) is 3.29. The summed E-state index contributed by atoms with van der Waals surface area (Å²) in [6, 6.07) is 4.08. The molecular weight excluding hydrogens is 259 g/mol. The van der Waals surface area contributed by atoms with Gasteiger partial charge in [-0.25, -0.2) is 4.39 Å². The second-order valence-electron chi connectivity index (χ2n) is 4.90. The van der Waals surface area contributed by atoms with Crippen LogP contribution in [-0.4, -0.2) is 11.1 Å². The summed E-state index contributed by atoms with van der Waals surface area (Å²) in [5, 5.41) is 6.73. The van der Waals surface area contributed by atoms with E-state index in [0.717, 1.165) is 11.3 Å². The van der Waals surface area contributed by atoms with E-state index in [1.165, 1.54) is 18.2 Å². The number of hydrogen-bond acceptors (Lipinski definition) is 3. The molecule has 0 aliphatic heterocycles. The number of carbonyl (C=O) groups excluding carboxylic acids is 1. The summed E-state index contributed by atoms with van der Waals surface area (Å²) in [7, 11) is 0. The zero-order valence-electron chi connectivity index (χ0n) is 12.0. The Kier molecular flexibility index (Phi) is 3.88. The molecule has 0 aliphatic carbocycles. The van der Waals surface area contributed by atoms with Crippen molar-refractivity contribution in [3.63, 3.8) is 0 Å². The normalized spacial score (nSPS) is 12.2. The van der Waals surface area contributed by atoms with Crippen molar-refractivity contribution in [1.82, 2.24) is 10.5 Å². The molecule has 2 aromatic rings. The van der Waals surface area contributed by atoms with E-state index in [1.54, 1.807) is 13.8 Å². The summed E-state index contributed by atoms with van der Waals surface area (Å²) in [6.45, 7) is 7.13. The molecule has 0 aliphatic rings. The van der Waals surface area contributed by atoms with E-state index < -0.39 is 0 Å². The van der Waals surface area contributed by atoms with Crippen LogP contribution in [0.3, 0.4) is 0 Å². The largest absolute Gasteiger partial charge is 0.361 e. The zero-order chi connectivity index (χ0) is 14.9. The number of nitrogens with one attached hydrogen (secondary N) is 1. The van der Waals surface area contributed by atoms with Gasteiger partial charge < -0.3 is 9.84 Å². The second kappa shape index (κ2) is 5.45. The first-order valence-electron chi connectivity index (χ1n) is 6.40. The van der Waals surface area contributed by atoms with Crippen LogP contribution in [0.4, 0.5) is 4.39 Å². The van der Waals surface area contributed by atoms with E-state index in [9.17, 15) is 9.18 Å². The molecule has 4 nitrogen and oxygen atoms in total. The van der Waals surface area contributed by atoms with Crippen LogP contribution in [0.1, 0.15) is 45.9 Å². The first kappa shape index (κ1) is 14.2. The van der Waals surface area contributed by atoms with Crippen molar-refractivity contribution < 1.29 is 13.7 Å². The van der Waals surface area contributed by atoms with Gasteiger partial charge in [-0.05, 0) is 51.5 Å². The van der Waals surface area contributed by atoms with Gasteiger partial charge in [-0.15, -0.1) is 0 Å². The molecular formula is C15H17FN2O2. The molecule has 0 saturated heterocycles. The fourth-order valence-corrected chi connectivity index (χ4v) is 2.25. The molecule has 1 N–H and O–H groups in total. The van der Waals surface area contributed by atoms with Gasteiger partial charge in [0.15, 0.2) is 0 Å². The van der Waals surface area contributed by atoms with Crippen molar-refractivity contribution in [3.8, 4) is 0 Å². The molecule has 0 saturated carbocycles. The van der Waals surface area contributed by atoms with Crippen LogP contribution in [0.2, 0.25) is 0 Å². The minimum atomic E-state index is -0.319. The Labute approximate surface area is 117 Å². The van der Waals surface area contributed by atoms with Gasteiger partial charge in [-0.1, -0.05) is 5.16 Å². The van der Waals surface area contributed by atoms with Gasteiger partial charge in [0, 0.05) is 11.1 Å². The maximum atomic E-state index is 13.2. The fourth-order valence-electron chi connectivity index (χ4n) is 2.25. The lowest BCUT2D eigenvalue weighted by Crippen LogP contribution is -2.27. The number of benzene rings is 1. The summed E-state index contributed by atoms with van der Waals surface area (Å²) in [5.74, 6) is 0.117. The highest BCUT2D eigenvalue weighted by Crippen LogP contribution is 2.21. The van der Waals surface area contributed by atoms with E-state index in [4.69, 9.17) is 4.52 Å². The van der Waals surface area contributed by atoms with E-state index in [1.807, 2.05) is 13.8 Å². The molecule has 1 aromatic heterocycles. The molecule has 1 atom stereocenters.